The number of halogens is 1. The summed E-state index contributed by atoms with van der Waals surface area (Å²) in [5.74, 6) is -0.777. The van der Waals surface area contributed by atoms with Crippen molar-refractivity contribution in [2.75, 3.05) is 47.5 Å². The van der Waals surface area contributed by atoms with Crippen LogP contribution >= 0.6 is 11.6 Å². The molecule has 3 saturated heterocycles. The van der Waals surface area contributed by atoms with Crippen molar-refractivity contribution in [2.24, 2.45) is 28.6 Å². The Kier molecular flexibility index (Phi) is 15.7. The van der Waals surface area contributed by atoms with E-state index in [0.29, 0.717) is 56.9 Å². The molecule has 3 aliphatic carbocycles. The molecule has 442 valence electrons. The highest BCUT2D eigenvalue weighted by molar-refractivity contribution is 6.30. The SMILES string of the molecule is COc1cc([C@@H]2c3cc4c(cc3[C@@H](OC3OC5COC(C)OC5C(O)C3O)[C@H]3COC(=O)[C@H]23)OCO4)cc(OC)c1OCCC(=O)NCNCc1c(C(=O)NC2C3(C)CCC(C3)C2(C)C)nn(Cc2ccc(C)cc2)c1-c1ccc(Cl)cc1. The summed E-state index contributed by atoms with van der Waals surface area (Å²) in [6.07, 6.45) is -3.94. The molecule has 0 spiro atoms. The predicted molar refractivity (Wildman–Crippen MR) is 300 cm³/mol. The fourth-order valence-electron chi connectivity index (χ4n) is 14.2. The minimum absolute atomic E-state index is 0.00642. The van der Waals surface area contributed by atoms with Crippen LogP contribution in [0.5, 0.6) is 28.7 Å². The predicted octanol–water partition coefficient (Wildman–Crippen LogP) is 7.08. The number of amides is 2. The molecule has 0 radical (unpaired) electrons. The van der Waals surface area contributed by atoms with E-state index in [4.69, 9.17) is 64.1 Å². The van der Waals surface area contributed by atoms with Crippen LogP contribution in [0.25, 0.3) is 11.3 Å². The molecule has 7 aliphatic rings. The number of cyclic esters (lactones) is 1. The number of benzene rings is 4. The number of esters is 1. The Morgan fingerprint density at radius 1 is 0.904 bits per heavy atom. The fourth-order valence-corrected chi connectivity index (χ4v) is 14.3. The Bertz CT molecular complexity index is 3230. The van der Waals surface area contributed by atoms with Crippen molar-refractivity contribution >= 4 is 29.4 Å². The summed E-state index contributed by atoms with van der Waals surface area (Å²) in [5, 5.41) is 38.0. The molecule has 12 rings (SSSR count). The first-order chi connectivity index (χ1) is 39.9. The first-order valence-electron chi connectivity index (χ1n) is 28.5. The second-order valence-electron chi connectivity index (χ2n) is 23.9. The first-order valence-corrected chi connectivity index (χ1v) is 28.9. The van der Waals surface area contributed by atoms with E-state index in [1.54, 1.807) is 25.1 Å². The van der Waals surface area contributed by atoms with E-state index in [0.717, 1.165) is 41.6 Å². The standard InChI is InChI=1S/C62H72ClN5O15/c1-31-8-10-33(11-9-31)26-68-51(34-12-14-37(63)15-13-34)40(50(67-68)57(72)66-60-61(3,4)36-16-18-62(60,5)24-36)25-64-29-65-47(69)17-19-76-55-44(74-6)20-35(21-45(55)75-7)48-38-22-42-43(80-30-79-42)23-39(38)54(41-27-78-58(73)49(41)48)83-59-53(71)52(70)56-46(82-59)28-77-32(2)81-56/h8-15,20-23,32,36,41,46,48-49,52-54,56,59-60,64,70-71H,16-19,24-30H2,1-7H3,(H,65,69)(H,66,72)/t32?,36?,41-,46?,48+,49-,52?,53?,54+,56?,59?,60?,62?/m0/s1. The van der Waals surface area contributed by atoms with E-state index in [9.17, 15) is 24.6 Å². The Labute approximate surface area is 486 Å². The summed E-state index contributed by atoms with van der Waals surface area (Å²) in [6, 6.07) is 22.9. The molecule has 4 aromatic carbocycles. The topological polar surface area (TPSA) is 238 Å². The van der Waals surface area contributed by atoms with E-state index >= 15 is 0 Å². The Morgan fingerprint density at radius 3 is 2.33 bits per heavy atom. The zero-order valence-electron chi connectivity index (χ0n) is 47.6. The number of rotatable bonds is 18. The molecule has 4 aliphatic heterocycles. The third-order valence-corrected chi connectivity index (χ3v) is 18.6. The van der Waals surface area contributed by atoms with Gasteiger partial charge in [-0.3, -0.25) is 24.4 Å². The third kappa shape index (κ3) is 10.7. The fraction of sp³-hybridized carbons (Fsp3) is 0.516. The summed E-state index contributed by atoms with van der Waals surface area (Å²) in [5.41, 5.74) is 6.61. The van der Waals surface area contributed by atoms with Gasteiger partial charge in [-0.15, -0.1) is 0 Å². The highest BCUT2D eigenvalue weighted by atomic mass is 35.5. The van der Waals surface area contributed by atoms with Crippen LogP contribution in [-0.2, 0) is 46.4 Å². The molecule has 5 heterocycles. The van der Waals surface area contributed by atoms with Gasteiger partial charge in [0.15, 0.2) is 41.3 Å². The molecule has 83 heavy (non-hydrogen) atoms. The molecule has 1 aromatic heterocycles. The van der Waals surface area contributed by atoms with Gasteiger partial charge in [0.05, 0.1) is 71.4 Å². The molecular formula is C62H72ClN5O15. The maximum absolute atomic E-state index is 14.7. The average Bonchev–Trinajstić information content (AvgIpc) is 2.74. The van der Waals surface area contributed by atoms with Crippen molar-refractivity contribution in [1.82, 2.24) is 25.7 Å². The zero-order chi connectivity index (χ0) is 58.1. The number of hydrogen-bond donors (Lipinski definition) is 5. The Hall–Kier alpha value is -6.49. The number of aliphatic hydroxyl groups excluding tert-OH is 2. The summed E-state index contributed by atoms with van der Waals surface area (Å²) < 4.78 is 61.8. The molecule has 2 bridgehead atoms. The van der Waals surface area contributed by atoms with Gasteiger partial charge >= 0.3 is 5.97 Å². The van der Waals surface area contributed by atoms with E-state index in [-0.39, 0.29) is 92.2 Å². The molecule has 13 atom stereocenters. The zero-order valence-corrected chi connectivity index (χ0v) is 48.4. The van der Waals surface area contributed by atoms with Crippen LogP contribution < -0.4 is 39.6 Å². The maximum atomic E-state index is 14.7. The number of carbonyl (C=O) groups excluding carboxylic acids is 3. The highest BCUT2D eigenvalue weighted by Crippen LogP contribution is 2.63. The molecule has 20 nitrogen and oxygen atoms in total. The molecule has 21 heteroatoms. The number of fused-ring (bicyclic) bond motifs is 6. The Morgan fingerprint density at radius 2 is 1.63 bits per heavy atom. The van der Waals surface area contributed by atoms with Crippen LogP contribution in [0, 0.1) is 35.5 Å². The summed E-state index contributed by atoms with van der Waals surface area (Å²) in [4.78, 5) is 42.3. The molecule has 5 aromatic rings. The summed E-state index contributed by atoms with van der Waals surface area (Å²) in [6.45, 7) is 11.3. The molecule has 2 saturated carbocycles. The quantitative estimate of drug-likeness (QED) is 0.0335. The van der Waals surface area contributed by atoms with Gasteiger partial charge in [-0.2, -0.15) is 5.10 Å². The summed E-state index contributed by atoms with van der Waals surface area (Å²) in [7, 11) is 2.98. The van der Waals surface area contributed by atoms with Crippen LogP contribution in [0.3, 0.4) is 0 Å². The van der Waals surface area contributed by atoms with Crippen molar-refractivity contribution in [2.45, 2.75) is 128 Å². The highest BCUT2D eigenvalue weighted by Gasteiger charge is 2.60. The maximum Gasteiger partial charge on any atom is 0.310 e. The van der Waals surface area contributed by atoms with Crippen LogP contribution in [0.15, 0.2) is 72.8 Å². The van der Waals surface area contributed by atoms with Crippen LogP contribution in [0.1, 0.15) is 109 Å². The lowest BCUT2D eigenvalue weighted by atomic mass is 9.66. The lowest BCUT2D eigenvalue weighted by Gasteiger charge is -2.47. The summed E-state index contributed by atoms with van der Waals surface area (Å²) >= 11 is 6.41. The minimum atomic E-state index is -1.49. The lowest BCUT2D eigenvalue weighted by molar-refractivity contribution is -0.364. The van der Waals surface area contributed by atoms with Gasteiger partial charge in [0.25, 0.3) is 5.91 Å². The number of carbonyl (C=O) groups is 3. The number of aliphatic hydroxyl groups is 2. The number of methoxy groups -OCH3 is 2. The van der Waals surface area contributed by atoms with E-state index < -0.39 is 66.8 Å². The van der Waals surface area contributed by atoms with Gasteiger partial charge in [-0.1, -0.05) is 74.3 Å². The van der Waals surface area contributed by atoms with Gasteiger partial charge < -0.3 is 68.2 Å². The van der Waals surface area contributed by atoms with Gasteiger partial charge in [0.1, 0.15) is 24.4 Å². The molecule has 9 unspecified atom stereocenters. The second-order valence-corrected chi connectivity index (χ2v) is 24.4. The smallest absolute Gasteiger partial charge is 0.310 e. The number of nitrogens with zero attached hydrogens (tertiary/aromatic N) is 2. The largest absolute Gasteiger partial charge is 0.493 e. The minimum Gasteiger partial charge on any atom is -0.493 e. The number of aryl methyl sites for hydroxylation is 1. The number of hydrogen-bond acceptors (Lipinski definition) is 17. The van der Waals surface area contributed by atoms with E-state index in [1.165, 1.54) is 14.2 Å². The van der Waals surface area contributed by atoms with Gasteiger partial charge in [-0.05, 0) is 109 Å². The van der Waals surface area contributed by atoms with Crippen molar-refractivity contribution in [1.29, 1.82) is 0 Å². The van der Waals surface area contributed by atoms with Gasteiger partial charge in [0.2, 0.25) is 18.4 Å². The van der Waals surface area contributed by atoms with Crippen LogP contribution in [0.2, 0.25) is 5.02 Å². The normalized spacial score (nSPS) is 29.8. The first kappa shape index (κ1) is 57.0. The average molecular weight is 1160 g/mol. The van der Waals surface area contributed by atoms with E-state index in [2.05, 4.69) is 61.0 Å². The monoisotopic (exact) mass is 1160 g/mol. The Balaban J connectivity index is 0.752. The number of nitrogens with one attached hydrogen (secondary N) is 3. The second kappa shape index (κ2) is 22.8. The van der Waals surface area contributed by atoms with Crippen molar-refractivity contribution < 1.29 is 72.0 Å². The van der Waals surface area contributed by atoms with E-state index in [1.807, 2.05) is 41.9 Å². The molecule has 5 fully saturated rings. The van der Waals surface area contributed by atoms with Crippen molar-refractivity contribution in [3.05, 3.63) is 117 Å². The molecule has 5 N–H and O–H groups in total. The third-order valence-electron chi connectivity index (χ3n) is 18.4. The van der Waals surface area contributed by atoms with Gasteiger partial charge in [0, 0.05) is 40.6 Å². The molecular weight excluding hydrogens is 1090 g/mol. The van der Waals surface area contributed by atoms with Crippen LogP contribution in [-0.4, -0.2) is 128 Å². The molecule has 2 amide bonds. The number of ether oxygens (including phenoxy) is 10. The number of aromatic nitrogens is 2. The van der Waals surface area contributed by atoms with Crippen LogP contribution in [0.4, 0.5) is 0 Å². The van der Waals surface area contributed by atoms with Gasteiger partial charge in [-0.25, -0.2) is 0 Å². The van der Waals surface area contributed by atoms with Crippen molar-refractivity contribution in [3.63, 3.8) is 0 Å². The lowest BCUT2D eigenvalue weighted by Crippen LogP contribution is -2.63. The van der Waals surface area contributed by atoms with Crippen molar-refractivity contribution in [3.8, 4) is 40.0 Å².